The monoisotopic (exact) mass is 335 g/mol. The molecule has 0 amide bonds. The number of anilines is 1. The van der Waals surface area contributed by atoms with Crippen LogP contribution in [0.5, 0.6) is 0 Å². The fourth-order valence-electron chi connectivity index (χ4n) is 2.25. The Labute approximate surface area is 128 Å². The van der Waals surface area contributed by atoms with Crippen molar-refractivity contribution in [3.05, 3.63) is 63.9 Å². The summed E-state index contributed by atoms with van der Waals surface area (Å²) in [6.45, 7) is 4.26. The van der Waals surface area contributed by atoms with Crippen LogP contribution >= 0.6 is 15.9 Å². The molecule has 0 spiro atoms. The Balaban J connectivity index is 2.18. The van der Waals surface area contributed by atoms with E-state index in [0.29, 0.717) is 4.47 Å². The molecule has 0 saturated heterocycles. The summed E-state index contributed by atoms with van der Waals surface area (Å²) in [5.41, 5.74) is 3.54. The number of hydrogen-bond acceptors (Lipinski definition) is 1. The van der Waals surface area contributed by atoms with E-state index in [2.05, 4.69) is 53.3 Å². The molecule has 0 aromatic heterocycles. The summed E-state index contributed by atoms with van der Waals surface area (Å²) in [5.74, 6) is -0.229. The van der Waals surface area contributed by atoms with Gasteiger partial charge in [-0.1, -0.05) is 37.6 Å². The first-order valence-electron chi connectivity index (χ1n) is 6.91. The van der Waals surface area contributed by atoms with E-state index < -0.39 is 0 Å². The fraction of sp³-hybridized carbons (Fsp3) is 0.294. The Kier molecular flexibility index (Phi) is 5.18. The normalized spacial score (nSPS) is 12.2. The van der Waals surface area contributed by atoms with Crippen molar-refractivity contribution in [3.63, 3.8) is 0 Å². The SMILES string of the molecule is CCCc1ccccc1NC(C)c1ccc(F)c(Br)c1. The van der Waals surface area contributed by atoms with Gasteiger partial charge in [-0.3, -0.25) is 0 Å². The summed E-state index contributed by atoms with van der Waals surface area (Å²) >= 11 is 3.24. The molecular formula is C17H19BrFN. The predicted octanol–water partition coefficient (Wildman–Crippen LogP) is 5.71. The highest BCUT2D eigenvalue weighted by Gasteiger charge is 2.09. The summed E-state index contributed by atoms with van der Waals surface area (Å²) in [6, 6.07) is 13.6. The minimum absolute atomic E-state index is 0.130. The molecule has 20 heavy (non-hydrogen) atoms. The van der Waals surface area contributed by atoms with Gasteiger partial charge in [0, 0.05) is 11.7 Å². The molecule has 2 aromatic rings. The number of halogens is 2. The van der Waals surface area contributed by atoms with Gasteiger partial charge < -0.3 is 5.32 Å². The van der Waals surface area contributed by atoms with Gasteiger partial charge in [0.25, 0.3) is 0 Å². The molecule has 1 nitrogen and oxygen atoms in total. The van der Waals surface area contributed by atoms with Gasteiger partial charge >= 0.3 is 0 Å². The van der Waals surface area contributed by atoms with Crippen molar-refractivity contribution in [2.45, 2.75) is 32.7 Å². The Morgan fingerprint density at radius 2 is 1.95 bits per heavy atom. The molecule has 2 aromatic carbocycles. The maximum Gasteiger partial charge on any atom is 0.137 e. The van der Waals surface area contributed by atoms with Crippen LogP contribution in [0.3, 0.4) is 0 Å². The first-order valence-corrected chi connectivity index (χ1v) is 7.70. The molecule has 0 saturated carbocycles. The molecule has 0 bridgehead atoms. The van der Waals surface area contributed by atoms with Crippen molar-refractivity contribution in [1.82, 2.24) is 0 Å². The molecule has 1 N–H and O–H groups in total. The fourth-order valence-corrected chi connectivity index (χ4v) is 2.64. The van der Waals surface area contributed by atoms with Crippen LogP contribution in [-0.2, 0) is 6.42 Å². The molecule has 0 radical (unpaired) electrons. The minimum Gasteiger partial charge on any atom is -0.378 e. The third kappa shape index (κ3) is 3.60. The van der Waals surface area contributed by atoms with Gasteiger partial charge in [0.15, 0.2) is 0 Å². The predicted molar refractivity (Wildman–Crippen MR) is 86.6 cm³/mol. The third-order valence-electron chi connectivity index (χ3n) is 3.35. The Morgan fingerprint density at radius 3 is 2.65 bits per heavy atom. The number of nitrogens with one attached hydrogen (secondary N) is 1. The number of benzene rings is 2. The molecule has 3 heteroatoms. The van der Waals surface area contributed by atoms with E-state index in [1.54, 1.807) is 0 Å². The average molecular weight is 336 g/mol. The van der Waals surface area contributed by atoms with E-state index in [0.717, 1.165) is 24.1 Å². The molecule has 0 aliphatic heterocycles. The highest BCUT2D eigenvalue weighted by atomic mass is 79.9. The smallest absolute Gasteiger partial charge is 0.137 e. The van der Waals surface area contributed by atoms with Crippen LogP contribution in [0.2, 0.25) is 0 Å². The molecule has 0 fully saturated rings. The lowest BCUT2D eigenvalue weighted by Crippen LogP contribution is -2.08. The second-order valence-corrected chi connectivity index (χ2v) is 5.80. The second-order valence-electron chi connectivity index (χ2n) is 4.95. The van der Waals surface area contributed by atoms with Crippen molar-refractivity contribution in [2.24, 2.45) is 0 Å². The minimum atomic E-state index is -0.229. The Bertz CT molecular complexity index is 583. The van der Waals surface area contributed by atoms with Gasteiger partial charge in [0.1, 0.15) is 5.82 Å². The van der Waals surface area contributed by atoms with Gasteiger partial charge in [-0.25, -0.2) is 4.39 Å². The average Bonchev–Trinajstić information content (AvgIpc) is 2.44. The zero-order valence-corrected chi connectivity index (χ0v) is 13.4. The molecule has 1 atom stereocenters. The lowest BCUT2D eigenvalue weighted by molar-refractivity contribution is 0.619. The van der Waals surface area contributed by atoms with Crippen LogP contribution in [0.15, 0.2) is 46.9 Å². The molecular weight excluding hydrogens is 317 g/mol. The Hall–Kier alpha value is -1.35. The maximum absolute atomic E-state index is 13.3. The molecule has 2 rings (SSSR count). The van der Waals surface area contributed by atoms with Crippen LogP contribution in [0.25, 0.3) is 0 Å². The van der Waals surface area contributed by atoms with Crippen molar-refractivity contribution in [1.29, 1.82) is 0 Å². The van der Waals surface area contributed by atoms with Crippen molar-refractivity contribution >= 4 is 21.6 Å². The van der Waals surface area contributed by atoms with Crippen molar-refractivity contribution < 1.29 is 4.39 Å². The van der Waals surface area contributed by atoms with Crippen LogP contribution < -0.4 is 5.32 Å². The van der Waals surface area contributed by atoms with E-state index in [1.165, 1.54) is 11.6 Å². The van der Waals surface area contributed by atoms with E-state index in [9.17, 15) is 4.39 Å². The van der Waals surface area contributed by atoms with Gasteiger partial charge in [0.2, 0.25) is 0 Å². The van der Waals surface area contributed by atoms with Crippen molar-refractivity contribution in [3.8, 4) is 0 Å². The molecule has 0 aliphatic rings. The third-order valence-corrected chi connectivity index (χ3v) is 3.96. The Morgan fingerprint density at radius 1 is 1.20 bits per heavy atom. The quantitative estimate of drug-likeness (QED) is 0.737. The lowest BCUT2D eigenvalue weighted by Gasteiger charge is -2.19. The first-order chi connectivity index (χ1) is 9.61. The van der Waals surface area contributed by atoms with Crippen LogP contribution in [-0.4, -0.2) is 0 Å². The molecule has 0 aliphatic carbocycles. The van der Waals surface area contributed by atoms with Gasteiger partial charge in [-0.05, 0) is 58.6 Å². The second kappa shape index (κ2) is 6.89. The number of para-hydroxylation sites is 1. The lowest BCUT2D eigenvalue weighted by atomic mass is 10.0. The summed E-state index contributed by atoms with van der Waals surface area (Å²) in [4.78, 5) is 0. The maximum atomic E-state index is 13.3. The van der Waals surface area contributed by atoms with Gasteiger partial charge in [0.05, 0.1) is 4.47 Å². The topological polar surface area (TPSA) is 12.0 Å². The first kappa shape index (κ1) is 15.0. The number of rotatable bonds is 5. The van der Waals surface area contributed by atoms with Crippen molar-refractivity contribution in [2.75, 3.05) is 5.32 Å². The van der Waals surface area contributed by atoms with E-state index in [1.807, 2.05) is 18.2 Å². The summed E-state index contributed by atoms with van der Waals surface area (Å²) < 4.78 is 13.8. The highest BCUT2D eigenvalue weighted by Crippen LogP contribution is 2.26. The number of hydrogen-bond donors (Lipinski definition) is 1. The zero-order valence-electron chi connectivity index (χ0n) is 11.8. The van der Waals surface area contributed by atoms with Crippen LogP contribution in [0.1, 0.15) is 37.4 Å². The largest absolute Gasteiger partial charge is 0.378 e. The number of aryl methyl sites for hydroxylation is 1. The van der Waals surface area contributed by atoms with Gasteiger partial charge in [-0.2, -0.15) is 0 Å². The van der Waals surface area contributed by atoms with E-state index in [4.69, 9.17) is 0 Å². The zero-order chi connectivity index (χ0) is 14.5. The molecule has 106 valence electrons. The van der Waals surface area contributed by atoms with Crippen LogP contribution in [0.4, 0.5) is 10.1 Å². The standard InChI is InChI=1S/C17H19BrFN/c1-3-6-13-7-4-5-8-17(13)20-12(2)14-9-10-16(19)15(18)11-14/h4-5,7-12,20H,3,6H2,1-2H3. The van der Waals surface area contributed by atoms with Gasteiger partial charge in [-0.15, -0.1) is 0 Å². The summed E-state index contributed by atoms with van der Waals surface area (Å²) in [6.07, 6.45) is 2.18. The van der Waals surface area contributed by atoms with E-state index in [-0.39, 0.29) is 11.9 Å². The van der Waals surface area contributed by atoms with Crippen LogP contribution in [0, 0.1) is 5.82 Å². The summed E-state index contributed by atoms with van der Waals surface area (Å²) in [5, 5.41) is 3.51. The van der Waals surface area contributed by atoms with E-state index >= 15 is 0 Å². The molecule has 0 heterocycles. The molecule has 1 unspecified atom stereocenters. The summed E-state index contributed by atoms with van der Waals surface area (Å²) in [7, 11) is 0. The highest BCUT2D eigenvalue weighted by molar-refractivity contribution is 9.10.